The van der Waals surface area contributed by atoms with Gasteiger partial charge in [0, 0.05) is 31.8 Å². The lowest BCUT2D eigenvalue weighted by molar-refractivity contribution is -0.123. The summed E-state index contributed by atoms with van der Waals surface area (Å²) in [6.45, 7) is 4.26. The molecule has 0 aliphatic heterocycles. The Morgan fingerprint density at radius 2 is 2.42 bits per heavy atom. The smallest absolute Gasteiger partial charge is 0.242 e. The van der Waals surface area contributed by atoms with Crippen LogP contribution < -0.4 is 5.32 Å². The average molecular weight is 263 g/mol. The van der Waals surface area contributed by atoms with E-state index < -0.39 is 0 Å². The van der Waals surface area contributed by atoms with Crippen LogP contribution >= 0.6 is 0 Å². The monoisotopic (exact) mass is 263 g/mol. The lowest BCUT2D eigenvalue weighted by Gasteiger charge is -2.12. The minimum Gasteiger partial charge on any atom is -0.354 e. The minimum atomic E-state index is -0.281. The number of hydrogen-bond acceptors (Lipinski definition) is 5. The lowest BCUT2D eigenvalue weighted by atomic mass is 10.3. The molecule has 0 spiro atoms. The molecule has 1 N–H and O–H groups in total. The van der Waals surface area contributed by atoms with E-state index >= 15 is 0 Å². The molecule has 0 saturated carbocycles. The number of nitrogens with zero attached hydrogens (tertiary/aromatic N) is 4. The molecular weight excluding hydrogens is 246 g/mol. The normalized spacial score (nSPS) is 12.3. The number of rotatable bonds is 6. The molecule has 0 aliphatic carbocycles. The van der Waals surface area contributed by atoms with Crippen molar-refractivity contribution in [3.63, 3.8) is 0 Å². The van der Waals surface area contributed by atoms with Crippen molar-refractivity contribution in [1.29, 1.82) is 0 Å². The highest BCUT2D eigenvalue weighted by molar-refractivity contribution is 5.79. The van der Waals surface area contributed by atoms with Crippen molar-refractivity contribution >= 4 is 5.91 Å². The van der Waals surface area contributed by atoms with Crippen molar-refractivity contribution in [2.75, 3.05) is 6.54 Å². The number of nitrogens with one attached hydrogen (secondary N) is 1. The molecular formula is C12H17N5O2. The van der Waals surface area contributed by atoms with E-state index in [4.69, 9.17) is 4.52 Å². The fourth-order valence-electron chi connectivity index (χ4n) is 1.61. The Kier molecular flexibility index (Phi) is 4.27. The van der Waals surface area contributed by atoms with Crippen LogP contribution in [0.25, 0.3) is 0 Å². The summed E-state index contributed by atoms with van der Waals surface area (Å²) in [6.07, 6.45) is 6.31. The standard InChI is InChI=1S/C12H17N5O2/c1-3-10-15-11(19-16-10)4-5-14-12(18)9(2)17-7-6-13-8-17/h6-9H,3-5H2,1-2H3,(H,14,18)/t9-/m0/s1. The summed E-state index contributed by atoms with van der Waals surface area (Å²) in [5, 5.41) is 6.63. The number of imidazole rings is 1. The van der Waals surface area contributed by atoms with E-state index in [9.17, 15) is 4.79 Å². The molecule has 0 radical (unpaired) electrons. The van der Waals surface area contributed by atoms with Gasteiger partial charge < -0.3 is 14.4 Å². The summed E-state index contributed by atoms with van der Waals surface area (Å²) in [5.41, 5.74) is 0. The molecule has 2 heterocycles. The fourth-order valence-corrected chi connectivity index (χ4v) is 1.61. The van der Waals surface area contributed by atoms with E-state index in [1.54, 1.807) is 23.3 Å². The molecule has 2 rings (SSSR count). The predicted octanol–water partition coefficient (Wildman–Crippen LogP) is 0.748. The molecule has 0 unspecified atom stereocenters. The molecule has 0 saturated heterocycles. The first-order valence-electron chi connectivity index (χ1n) is 6.27. The third-order valence-corrected chi connectivity index (χ3v) is 2.82. The largest absolute Gasteiger partial charge is 0.354 e. The van der Waals surface area contributed by atoms with Gasteiger partial charge in [0.05, 0.1) is 6.33 Å². The van der Waals surface area contributed by atoms with Crippen LogP contribution in [0.3, 0.4) is 0 Å². The summed E-state index contributed by atoms with van der Waals surface area (Å²) in [5.74, 6) is 1.17. The van der Waals surface area contributed by atoms with Crippen LogP contribution in [0.5, 0.6) is 0 Å². The second kappa shape index (κ2) is 6.12. The molecule has 0 fully saturated rings. The maximum absolute atomic E-state index is 11.9. The Bertz CT molecular complexity index is 520. The minimum absolute atomic E-state index is 0.0618. The van der Waals surface area contributed by atoms with Gasteiger partial charge >= 0.3 is 0 Å². The number of hydrogen-bond donors (Lipinski definition) is 1. The maximum atomic E-state index is 11.9. The van der Waals surface area contributed by atoms with Crippen LogP contribution in [0.1, 0.15) is 31.6 Å². The third kappa shape index (κ3) is 3.40. The van der Waals surface area contributed by atoms with Gasteiger partial charge in [0.25, 0.3) is 0 Å². The number of carbonyl (C=O) groups excluding carboxylic acids is 1. The molecule has 0 aliphatic rings. The van der Waals surface area contributed by atoms with Gasteiger partial charge in [0.1, 0.15) is 6.04 Å². The van der Waals surface area contributed by atoms with Crippen molar-refractivity contribution in [2.24, 2.45) is 0 Å². The topological polar surface area (TPSA) is 85.8 Å². The van der Waals surface area contributed by atoms with Gasteiger partial charge in [-0.25, -0.2) is 4.98 Å². The Morgan fingerprint density at radius 3 is 3.05 bits per heavy atom. The van der Waals surface area contributed by atoms with Gasteiger partial charge in [-0.3, -0.25) is 4.79 Å². The first kappa shape index (κ1) is 13.3. The van der Waals surface area contributed by atoms with E-state index in [0.717, 1.165) is 6.42 Å². The maximum Gasteiger partial charge on any atom is 0.242 e. The van der Waals surface area contributed by atoms with Crippen LogP contribution in [0.4, 0.5) is 0 Å². The summed E-state index contributed by atoms with van der Waals surface area (Å²) >= 11 is 0. The predicted molar refractivity (Wildman–Crippen MR) is 67.3 cm³/mol. The Balaban J connectivity index is 1.77. The zero-order valence-electron chi connectivity index (χ0n) is 11.0. The second-order valence-corrected chi connectivity index (χ2v) is 4.18. The molecule has 7 heteroatoms. The quantitative estimate of drug-likeness (QED) is 0.831. The van der Waals surface area contributed by atoms with E-state index in [1.165, 1.54) is 0 Å². The molecule has 2 aromatic rings. The summed E-state index contributed by atoms with van der Waals surface area (Å²) in [7, 11) is 0. The van der Waals surface area contributed by atoms with Crippen LogP contribution in [-0.2, 0) is 17.6 Å². The van der Waals surface area contributed by atoms with Crippen molar-refractivity contribution in [3.05, 3.63) is 30.4 Å². The molecule has 7 nitrogen and oxygen atoms in total. The first-order chi connectivity index (χ1) is 9.20. The van der Waals surface area contributed by atoms with Crippen molar-refractivity contribution < 1.29 is 9.32 Å². The van der Waals surface area contributed by atoms with Crippen molar-refractivity contribution in [3.8, 4) is 0 Å². The van der Waals surface area contributed by atoms with Crippen LogP contribution in [0, 0.1) is 0 Å². The van der Waals surface area contributed by atoms with Crippen LogP contribution in [0.2, 0.25) is 0 Å². The highest BCUT2D eigenvalue weighted by Gasteiger charge is 2.13. The summed E-state index contributed by atoms with van der Waals surface area (Å²) < 4.78 is 6.79. The average Bonchev–Trinajstić information content (AvgIpc) is 3.08. The van der Waals surface area contributed by atoms with Gasteiger partial charge in [-0.15, -0.1) is 0 Å². The third-order valence-electron chi connectivity index (χ3n) is 2.82. The van der Waals surface area contributed by atoms with Gasteiger partial charge in [-0.2, -0.15) is 4.98 Å². The van der Waals surface area contributed by atoms with E-state index in [1.807, 2.05) is 13.8 Å². The van der Waals surface area contributed by atoms with E-state index in [2.05, 4.69) is 20.4 Å². The number of aryl methyl sites for hydroxylation is 1. The number of carbonyl (C=O) groups is 1. The highest BCUT2D eigenvalue weighted by Crippen LogP contribution is 2.04. The molecule has 19 heavy (non-hydrogen) atoms. The first-order valence-corrected chi connectivity index (χ1v) is 6.27. The summed E-state index contributed by atoms with van der Waals surface area (Å²) in [6, 6.07) is -0.281. The Labute approximate surface area is 111 Å². The lowest BCUT2D eigenvalue weighted by Crippen LogP contribution is -2.32. The zero-order valence-corrected chi connectivity index (χ0v) is 11.0. The molecule has 102 valence electrons. The Hall–Kier alpha value is -2.18. The van der Waals surface area contributed by atoms with Gasteiger partial charge in [0.2, 0.25) is 11.8 Å². The van der Waals surface area contributed by atoms with Gasteiger partial charge in [-0.1, -0.05) is 12.1 Å². The van der Waals surface area contributed by atoms with E-state index in [0.29, 0.717) is 24.7 Å². The van der Waals surface area contributed by atoms with Gasteiger partial charge in [-0.05, 0) is 6.92 Å². The SMILES string of the molecule is CCc1noc(CCNC(=O)[C@H](C)n2ccnc2)n1. The molecule has 0 bridgehead atoms. The molecule has 1 atom stereocenters. The number of amides is 1. The highest BCUT2D eigenvalue weighted by atomic mass is 16.5. The number of aromatic nitrogens is 4. The second-order valence-electron chi connectivity index (χ2n) is 4.18. The van der Waals surface area contributed by atoms with E-state index in [-0.39, 0.29) is 11.9 Å². The van der Waals surface area contributed by atoms with Gasteiger partial charge in [0.15, 0.2) is 5.82 Å². The van der Waals surface area contributed by atoms with Crippen molar-refractivity contribution in [2.45, 2.75) is 32.7 Å². The zero-order chi connectivity index (χ0) is 13.7. The summed E-state index contributed by atoms with van der Waals surface area (Å²) in [4.78, 5) is 20.0. The molecule has 2 aromatic heterocycles. The van der Waals surface area contributed by atoms with Crippen LogP contribution in [-0.4, -0.2) is 32.1 Å². The molecule has 0 aromatic carbocycles. The Morgan fingerprint density at radius 1 is 1.58 bits per heavy atom. The van der Waals surface area contributed by atoms with Crippen LogP contribution in [0.15, 0.2) is 23.2 Å². The molecule has 1 amide bonds. The fraction of sp³-hybridized carbons (Fsp3) is 0.500. The van der Waals surface area contributed by atoms with Crippen molar-refractivity contribution in [1.82, 2.24) is 25.0 Å².